The highest BCUT2D eigenvalue weighted by Crippen LogP contribution is 2.51. The van der Waals surface area contributed by atoms with Gasteiger partial charge in [-0.2, -0.15) is 11.8 Å². The van der Waals surface area contributed by atoms with Crippen LogP contribution in [0.1, 0.15) is 30.4 Å². The quantitative estimate of drug-likeness (QED) is 0.839. The van der Waals surface area contributed by atoms with Crippen molar-refractivity contribution in [3.63, 3.8) is 0 Å². The molecule has 0 aromatic heterocycles. The SMILES string of the molecule is Cc1ccc(CSCC2(CC(=O)O)CC2)cc1. The summed E-state index contributed by atoms with van der Waals surface area (Å²) in [5, 5.41) is 8.83. The normalized spacial score (nSPS) is 16.8. The number of aliphatic carboxylic acids is 1. The maximum absolute atomic E-state index is 10.7. The largest absolute Gasteiger partial charge is 0.481 e. The lowest BCUT2D eigenvalue weighted by atomic mass is 10.1. The molecule has 0 atom stereocenters. The smallest absolute Gasteiger partial charge is 0.303 e. The zero-order valence-corrected chi connectivity index (χ0v) is 10.9. The van der Waals surface area contributed by atoms with E-state index < -0.39 is 5.97 Å². The molecule has 1 aliphatic rings. The molecule has 1 aliphatic carbocycles. The van der Waals surface area contributed by atoms with E-state index in [1.54, 1.807) is 0 Å². The zero-order chi connectivity index (χ0) is 12.3. The molecule has 2 rings (SSSR count). The number of aryl methyl sites for hydroxylation is 1. The minimum atomic E-state index is -0.654. The van der Waals surface area contributed by atoms with Crippen LogP contribution < -0.4 is 0 Å². The van der Waals surface area contributed by atoms with Crippen LogP contribution in [0.5, 0.6) is 0 Å². The average molecular weight is 250 g/mol. The Kier molecular flexibility index (Phi) is 3.77. The molecular weight excluding hydrogens is 232 g/mol. The van der Waals surface area contributed by atoms with Crippen LogP contribution >= 0.6 is 11.8 Å². The maximum atomic E-state index is 10.7. The predicted octanol–water partition coefficient (Wildman–Crippen LogP) is 3.48. The number of thioether (sulfide) groups is 1. The monoisotopic (exact) mass is 250 g/mol. The molecule has 17 heavy (non-hydrogen) atoms. The minimum absolute atomic E-state index is 0.112. The lowest BCUT2D eigenvalue weighted by Crippen LogP contribution is -2.11. The van der Waals surface area contributed by atoms with Gasteiger partial charge in [0, 0.05) is 5.75 Å². The molecule has 1 N–H and O–H groups in total. The van der Waals surface area contributed by atoms with E-state index in [1.165, 1.54) is 11.1 Å². The van der Waals surface area contributed by atoms with Gasteiger partial charge in [0.05, 0.1) is 6.42 Å². The molecule has 1 aromatic carbocycles. The summed E-state index contributed by atoms with van der Waals surface area (Å²) in [6.07, 6.45) is 2.51. The van der Waals surface area contributed by atoms with Gasteiger partial charge in [0.15, 0.2) is 0 Å². The van der Waals surface area contributed by atoms with Crippen molar-refractivity contribution in [2.24, 2.45) is 5.41 Å². The number of carboxylic acids is 1. The fraction of sp³-hybridized carbons (Fsp3) is 0.500. The van der Waals surface area contributed by atoms with Crippen LogP contribution in [0, 0.1) is 12.3 Å². The molecule has 0 aliphatic heterocycles. The molecule has 1 saturated carbocycles. The fourth-order valence-corrected chi connectivity index (χ4v) is 3.29. The second-order valence-electron chi connectivity index (χ2n) is 5.05. The predicted molar refractivity (Wildman–Crippen MR) is 71.3 cm³/mol. The van der Waals surface area contributed by atoms with E-state index in [1.807, 2.05) is 11.8 Å². The zero-order valence-electron chi connectivity index (χ0n) is 10.1. The van der Waals surface area contributed by atoms with Crippen LogP contribution in [-0.4, -0.2) is 16.8 Å². The first-order valence-corrected chi connectivity index (χ1v) is 7.10. The molecule has 0 radical (unpaired) electrons. The van der Waals surface area contributed by atoms with Crippen molar-refractivity contribution >= 4 is 17.7 Å². The van der Waals surface area contributed by atoms with Crippen LogP contribution in [0.15, 0.2) is 24.3 Å². The molecule has 0 heterocycles. The molecule has 0 spiro atoms. The van der Waals surface area contributed by atoms with Gasteiger partial charge in [0.1, 0.15) is 0 Å². The second kappa shape index (κ2) is 5.13. The molecule has 0 saturated heterocycles. The Balaban J connectivity index is 1.76. The third-order valence-electron chi connectivity index (χ3n) is 3.28. The summed E-state index contributed by atoms with van der Waals surface area (Å²) in [7, 11) is 0. The molecule has 0 bridgehead atoms. The molecule has 92 valence electrons. The van der Waals surface area contributed by atoms with E-state index in [4.69, 9.17) is 5.11 Å². The highest BCUT2D eigenvalue weighted by Gasteiger charge is 2.43. The van der Waals surface area contributed by atoms with Gasteiger partial charge >= 0.3 is 5.97 Å². The van der Waals surface area contributed by atoms with Crippen LogP contribution in [0.25, 0.3) is 0 Å². The van der Waals surface area contributed by atoms with Crippen LogP contribution in [0.2, 0.25) is 0 Å². The standard InChI is InChI=1S/C14H18O2S/c1-11-2-4-12(5-3-11)9-17-10-14(6-7-14)8-13(15)16/h2-5H,6-10H2,1H3,(H,15,16). The molecule has 3 heteroatoms. The van der Waals surface area contributed by atoms with Crippen molar-refractivity contribution in [2.75, 3.05) is 5.75 Å². The number of carboxylic acid groups (broad SMARTS) is 1. The number of carbonyl (C=O) groups is 1. The van der Waals surface area contributed by atoms with Gasteiger partial charge in [-0.3, -0.25) is 4.79 Å². The van der Waals surface area contributed by atoms with Crippen LogP contribution in [-0.2, 0) is 10.5 Å². The maximum Gasteiger partial charge on any atom is 0.303 e. The van der Waals surface area contributed by atoms with E-state index in [9.17, 15) is 4.79 Å². The highest BCUT2D eigenvalue weighted by atomic mass is 32.2. The number of rotatable bonds is 6. The first-order chi connectivity index (χ1) is 8.10. The van der Waals surface area contributed by atoms with Gasteiger partial charge in [-0.25, -0.2) is 0 Å². The van der Waals surface area contributed by atoms with Gasteiger partial charge < -0.3 is 5.11 Å². The Bertz CT molecular complexity index is 393. The Morgan fingerprint density at radius 3 is 2.53 bits per heavy atom. The number of hydrogen-bond donors (Lipinski definition) is 1. The van der Waals surface area contributed by atoms with Crippen molar-refractivity contribution in [2.45, 2.75) is 31.9 Å². The second-order valence-corrected chi connectivity index (χ2v) is 6.03. The van der Waals surface area contributed by atoms with Crippen molar-refractivity contribution in [1.29, 1.82) is 0 Å². The molecule has 2 nitrogen and oxygen atoms in total. The molecule has 1 fully saturated rings. The van der Waals surface area contributed by atoms with Gasteiger partial charge in [-0.05, 0) is 36.5 Å². The van der Waals surface area contributed by atoms with Crippen LogP contribution in [0.3, 0.4) is 0 Å². The van der Waals surface area contributed by atoms with E-state index in [0.29, 0.717) is 6.42 Å². The van der Waals surface area contributed by atoms with E-state index in [2.05, 4.69) is 31.2 Å². The lowest BCUT2D eigenvalue weighted by Gasteiger charge is -2.11. The average Bonchev–Trinajstić information content (AvgIpc) is 3.00. The van der Waals surface area contributed by atoms with Crippen LogP contribution in [0.4, 0.5) is 0 Å². The van der Waals surface area contributed by atoms with Crippen molar-refractivity contribution in [3.05, 3.63) is 35.4 Å². The lowest BCUT2D eigenvalue weighted by molar-refractivity contribution is -0.138. The van der Waals surface area contributed by atoms with Crippen molar-refractivity contribution in [1.82, 2.24) is 0 Å². The minimum Gasteiger partial charge on any atom is -0.481 e. The molecule has 0 unspecified atom stereocenters. The summed E-state index contributed by atoms with van der Waals surface area (Å²) in [5.41, 5.74) is 2.72. The summed E-state index contributed by atoms with van der Waals surface area (Å²) in [5.74, 6) is 1.31. The molecule has 0 amide bonds. The van der Waals surface area contributed by atoms with Gasteiger partial charge in [-0.15, -0.1) is 0 Å². The molecule has 1 aromatic rings. The van der Waals surface area contributed by atoms with E-state index in [0.717, 1.165) is 24.3 Å². The van der Waals surface area contributed by atoms with E-state index in [-0.39, 0.29) is 5.41 Å². The number of hydrogen-bond acceptors (Lipinski definition) is 2. The van der Waals surface area contributed by atoms with Crippen molar-refractivity contribution in [3.8, 4) is 0 Å². The fourth-order valence-electron chi connectivity index (χ4n) is 1.94. The summed E-state index contributed by atoms with van der Waals surface area (Å²) in [4.78, 5) is 10.7. The first-order valence-electron chi connectivity index (χ1n) is 5.95. The summed E-state index contributed by atoms with van der Waals surface area (Å²) >= 11 is 1.86. The summed E-state index contributed by atoms with van der Waals surface area (Å²) < 4.78 is 0. The Labute approximate surface area is 106 Å². The van der Waals surface area contributed by atoms with Gasteiger partial charge in [-0.1, -0.05) is 29.8 Å². The molecular formula is C14H18O2S. The highest BCUT2D eigenvalue weighted by molar-refractivity contribution is 7.98. The third-order valence-corrected chi connectivity index (χ3v) is 4.63. The van der Waals surface area contributed by atoms with Gasteiger partial charge in [0.25, 0.3) is 0 Å². The third kappa shape index (κ3) is 3.77. The summed E-state index contributed by atoms with van der Waals surface area (Å²) in [6, 6.07) is 8.55. The first kappa shape index (κ1) is 12.5. The summed E-state index contributed by atoms with van der Waals surface area (Å²) in [6.45, 7) is 2.09. The Hall–Kier alpha value is -0.960. The van der Waals surface area contributed by atoms with Gasteiger partial charge in [0.2, 0.25) is 0 Å². The number of benzene rings is 1. The topological polar surface area (TPSA) is 37.3 Å². The Morgan fingerprint density at radius 1 is 1.35 bits per heavy atom. The van der Waals surface area contributed by atoms with Crippen molar-refractivity contribution < 1.29 is 9.90 Å². The Morgan fingerprint density at radius 2 is 2.00 bits per heavy atom. The van der Waals surface area contributed by atoms with E-state index >= 15 is 0 Å².